The first-order valence-corrected chi connectivity index (χ1v) is 6.88. The molecule has 3 heteroatoms. The number of nitriles is 1. The molecule has 0 bridgehead atoms. The molecular weight excluding hydrogens is 236 g/mol. The fourth-order valence-electron chi connectivity index (χ4n) is 2.08. The number of aryl methyl sites for hydroxylation is 1. The summed E-state index contributed by atoms with van der Waals surface area (Å²) in [5.74, 6) is 0.865. The van der Waals surface area contributed by atoms with Gasteiger partial charge in [0.05, 0.1) is 12.2 Å². The predicted octanol–water partition coefficient (Wildman–Crippen LogP) is 3.30. The van der Waals surface area contributed by atoms with Crippen molar-refractivity contribution in [2.24, 2.45) is 0 Å². The summed E-state index contributed by atoms with van der Waals surface area (Å²) in [4.78, 5) is 0. The number of hydrogen-bond acceptors (Lipinski definition) is 3. The zero-order valence-electron chi connectivity index (χ0n) is 12.4. The van der Waals surface area contributed by atoms with E-state index in [-0.39, 0.29) is 6.10 Å². The Hall–Kier alpha value is -1.53. The fourth-order valence-corrected chi connectivity index (χ4v) is 2.08. The second kappa shape index (κ2) is 7.16. The average molecular weight is 260 g/mol. The van der Waals surface area contributed by atoms with Gasteiger partial charge in [0.1, 0.15) is 11.3 Å². The van der Waals surface area contributed by atoms with Crippen molar-refractivity contribution in [1.82, 2.24) is 5.32 Å². The second-order valence-corrected chi connectivity index (χ2v) is 5.22. The van der Waals surface area contributed by atoms with Gasteiger partial charge in [-0.2, -0.15) is 5.26 Å². The van der Waals surface area contributed by atoms with Crippen LogP contribution in [0.15, 0.2) is 24.3 Å². The monoisotopic (exact) mass is 260 g/mol. The molecule has 19 heavy (non-hydrogen) atoms. The SMILES string of the molecule is CCCc1ccc(OC(C)CC(C)(C#N)NC)cc1. The van der Waals surface area contributed by atoms with Gasteiger partial charge in [0.2, 0.25) is 0 Å². The maximum absolute atomic E-state index is 9.13. The molecule has 0 aromatic heterocycles. The summed E-state index contributed by atoms with van der Waals surface area (Å²) in [7, 11) is 1.80. The van der Waals surface area contributed by atoms with E-state index >= 15 is 0 Å². The van der Waals surface area contributed by atoms with Crippen molar-refractivity contribution in [3.63, 3.8) is 0 Å². The lowest BCUT2D eigenvalue weighted by Crippen LogP contribution is -2.41. The first kappa shape index (κ1) is 15.5. The number of nitrogens with zero attached hydrogens (tertiary/aromatic N) is 1. The summed E-state index contributed by atoms with van der Waals surface area (Å²) in [6, 6.07) is 10.5. The van der Waals surface area contributed by atoms with Gasteiger partial charge in [0, 0.05) is 6.42 Å². The van der Waals surface area contributed by atoms with E-state index in [1.54, 1.807) is 7.05 Å². The molecule has 0 radical (unpaired) electrons. The molecule has 2 unspecified atom stereocenters. The molecule has 0 heterocycles. The third-order valence-corrected chi connectivity index (χ3v) is 3.29. The minimum Gasteiger partial charge on any atom is -0.491 e. The normalized spacial score (nSPS) is 15.3. The van der Waals surface area contributed by atoms with Crippen molar-refractivity contribution in [3.8, 4) is 11.8 Å². The highest BCUT2D eigenvalue weighted by Crippen LogP contribution is 2.19. The Bertz CT molecular complexity index is 421. The molecule has 0 aliphatic carbocycles. The van der Waals surface area contributed by atoms with Crippen LogP contribution in [0.25, 0.3) is 0 Å². The van der Waals surface area contributed by atoms with Crippen LogP contribution >= 0.6 is 0 Å². The Kier molecular flexibility index (Phi) is 5.85. The summed E-state index contributed by atoms with van der Waals surface area (Å²) in [5, 5.41) is 12.2. The molecule has 0 fully saturated rings. The first-order valence-electron chi connectivity index (χ1n) is 6.88. The van der Waals surface area contributed by atoms with Crippen LogP contribution in [0.3, 0.4) is 0 Å². The molecule has 0 amide bonds. The molecule has 0 saturated carbocycles. The van der Waals surface area contributed by atoms with Crippen molar-refractivity contribution in [2.45, 2.75) is 51.7 Å². The summed E-state index contributed by atoms with van der Waals surface area (Å²) in [5.41, 5.74) is 0.793. The number of nitrogens with one attached hydrogen (secondary N) is 1. The molecule has 1 aromatic carbocycles. The largest absolute Gasteiger partial charge is 0.491 e. The summed E-state index contributed by atoms with van der Waals surface area (Å²) in [6.07, 6.45) is 2.90. The zero-order chi connectivity index (χ0) is 14.3. The van der Waals surface area contributed by atoms with E-state index in [4.69, 9.17) is 10.00 Å². The molecule has 1 N–H and O–H groups in total. The molecule has 0 aliphatic rings. The highest BCUT2D eigenvalue weighted by atomic mass is 16.5. The van der Waals surface area contributed by atoms with E-state index < -0.39 is 5.54 Å². The molecule has 1 rings (SSSR count). The van der Waals surface area contributed by atoms with E-state index in [9.17, 15) is 0 Å². The van der Waals surface area contributed by atoms with Gasteiger partial charge in [-0.1, -0.05) is 25.5 Å². The van der Waals surface area contributed by atoms with Crippen molar-refractivity contribution >= 4 is 0 Å². The predicted molar refractivity (Wildman–Crippen MR) is 78.2 cm³/mol. The van der Waals surface area contributed by atoms with Crippen LogP contribution in [-0.2, 0) is 6.42 Å². The van der Waals surface area contributed by atoms with Gasteiger partial charge in [-0.25, -0.2) is 0 Å². The summed E-state index contributed by atoms with van der Waals surface area (Å²) in [6.45, 7) is 6.05. The van der Waals surface area contributed by atoms with Crippen LogP contribution in [0.5, 0.6) is 5.75 Å². The van der Waals surface area contributed by atoms with E-state index in [0.29, 0.717) is 6.42 Å². The fraction of sp³-hybridized carbons (Fsp3) is 0.562. The van der Waals surface area contributed by atoms with Crippen LogP contribution < -0.4 is 10.1 Å². The zero-order valence-corrected chi connectivity index (χ0v) is 12.4. The van der Waals surface area contributed by atoms with Crippen LogP contribution in [0.2, 0.25) is 0 Å². The standard InChI is InChI=1S/C16H24N2O/c1-5-6-14-7-9-15(10-8-14)19-13(2)11-16(3,12-17)18-4/h7-10,13,18H,5-6,11H2,1-4H3. The van der Waals surface area contributed by atoms with Gasteiger partial charge in [-0.05, 0) is 45.0 Å². The average Bonchev–Trinajstić information content (AvgIpc) is 2.41. The highest BCUT2D eigenvalue weighted by molar-refractivity contribution is 5.27. The lowest BCUT2D eigenvalue weighted by molar-refractivity contribution is 0.182. The van der Waals surface area contributed by atoms with Crippen LogP contribution in [0.1, 0.15) is 39.2 Å². The van der Waals surface area contributed by atoms with Gasteiger partial charge in [-0.15, -0.1) is 0 Å². The molecule has 3 nitrogen and oxygen atoms in total. The van der Waals surface area contributed by atoms with Crippen molar-refractivity contribution < 1.29 is 4.74 Å². The Morgan fingerprint density at radius 2 is 2.00 bits per heavy atom. The molecule has 1 aromatic rings. The Morgan fingerprint density at radius 1 is 1.37 bits per heavy atom. The molecular formula is C16H24N2O. The molecule has 0 spiro atoms. The van der Waals surface area contributed by atoms with Gasteiger partial charge >= 0.3 is 0 Å². The third kappa shape index (κ3) is 4.92. The van der Waals surface area contributed by atoms with Gasteiger partial charge in [-0.3, -0.25) is 0 Å². The highest BCUT2D eigenvalue weighted by Gasteiger charge is 2.25. The lowest BCUT2D eigenvalue weighted by atomic mass is 9.97. The number of ether oxygens (including phenoxy) is 1. The van der Waals surface area contributed by atoms with Crippen molar-refractivity contribution in [1.29, 1.82) is 5.26 Å². The molecule has 2 atom stereocenters. The van der Waals surface area contributed by atoms with E-state index in [1.807, 2.05) is 26.0 Å². The third-order valence-electron chi connectivity index (χ3n) is 3.29. The van der Waals surface area contributed by atoms with Crippen LogP contribution in [0.4, 0.5) is 0 Å². The molecule has 0 aliphatic heterocycles. The van der Waals surface area contributed by atoms with Crippen LogP contribution in [0, 0.1) is 11.3 Å². The minimum absolute atomic E-state index is 0.00544. The van der Waals surface area contributed by atoms with Gasteiger partial charge in [0.25, 0.3) is 0 Å². The van der Waals surface area contributed by atoms with Crippen molar-refractivity contribution in [2.75, 3.05) is 7.05 Å². The summed E-state index contributed by atoms with van der Waals surface area (Å²) >= 11 is 0. The van der Waals surface area contributed by atoms with Gasteiger partial charge < -0.3 is 10.1 Å². The second-order valence-electron chi connectivity index (χ2n) is 5.22. The van der Waals surface area contributed by atoms with Gasteiger partial charge in [0.15, 0.2) is 0 Å². The van der Waals surface area contributed by atoms with E-state index in [0.717, 1.165) is 18.6 Å². The summed E-state index contributed by atoms with van der Waals surface area (Å²) < 4.78 is 5.86. The Labute approximate surface area is 116 Å². The quantitative estimate of drug-likeness (QED) is 0.818. The van der Waals surface area contributed by atoms with Crippen LogP contribution in [-0.4, -0.2) is 18.7 Å². The number of benzene rings is 1. The van der Waals surface area contributed by atoms with Crippen molar-refractivity contribution in [3.05, 3.63) is 29.8 Å². The van der Waals surface area contributed by atoms with E-state index in [1.165, 1.54) is 5.56 Å². The lowest BCUT2D eigenvalue weighted by Gasteiger charge is -2.25. The smallest absolute Gasteiger partial charge is 0.119 e. The Balaban J connectivity index is 2.57. The maximum atomic E-state index is 9.13. The maximum Gasteiger partial charge on any atom is 0.119 e. The number of hydrogen-bond donors (Lipinski definition) is 1. The van der Waals surface area contributed by atoms with E-state index in [2.05, 4.69) is 30.4 Å². The topological polar surface area (TPSA) is 45.0 Å². The molecule has 0 saturated heterocycles. The molecule has 104 valence electrons. The first-order chi connectivity index (χ1) is 9.03. The Morgan fingerprint density at radius 3 is 2.47 bits per heavy atom. The minimum atomic E-state index is -0.540. The number of rotatable bonds is 7.